The number of benzene rings is 1. The van der Waals surface area contributed by atoms with E-state index < -0.39 is 0 Å². The quantitative estimate of drug-likeness (QED) is 0.674. The maximum Gasteiger partial charge on any atom is 0.193 e. The molecule has 1 N–H and O–H groups in total. The molecule has 1 saturated heterocycles. The average molecular weight is 313 g/mol. The summed E-state index contributed by atoms with van der Waals surface area (Å²) in [4.78, 5) is 6.98. The molecule has 124 valence electrons. The van der Waals surface area contributed by atoms with Crippen molar-refractivity contribution in [3.05, 3.63) is 29.8 Å². The minimum Gasteiger partial charge on any atom is -0.488 e. The Morgan fingerprint density at radius 2 is 1.96 bits per heavy atom. The minimum absolute atomic E-state index is 0.217. The van der Waals surface area contributed by atoms with Crippen LogP contribution in [0.5, 0.6) is 5.75 Å². The molecule has 4 rings (SSSR count). The number of fused-ring (bicyclic) bond motifs is 2. The van der Waals surface area contributed by atoms with Gasteiger partial charge in [0.25, 0.3) is 0 Å². The molecule has 3 atom stereocenters. The molecule has 1 aliphatic carbocycles. The van der Waals surface area contributed by atoms with E-state index in [0.29, 0.717) is 0 Å². The number of guanidine groups is 1. The van der Waals surface area contributed by atoms with Crippen LogP contribution in [0.4, 0.5) is 0 Å². The highest BCUT2D eigenvalue weighted by Gasteiger charge is 2.35. The lowest BCUT2D eigenvalue weighted by molar-refractivity contribution is 0.233. The van der Waals surface area contributed by atoms with Gasteiger partial charge < -0.3 is 15.0 Å². The van der Waals surface area contributed by atoms with Crippen LogP contribution in [0.15, 0.2) is 29.3 Å². The van der Waals surface area contributed by atoms with Crippen LogP contribution in [-0.4, -0.2) is 43.6 Å². The molecular formula is C19H27N3O. The largest absolute Gasteiger partial charge is 0.488 e. The number of aliphatic imine (C=N–C) groups is 1. The third-order valence-corrected chi connectivity index (χ3v) is 5.69. The first-order chi connectivity index (χ1) is 11.3. The van der Waals surface area contributed by atoms with Crippen molar-refractivity contribution in [2.45, 2.75) is 38.2 Å². The lowest BCUT2D eigenvalue weighted by atomic mass is 9.82. The lowest BCUT2D eigenvalue weighted by Crippen LogP contribution is -2.44. The second-order valence-electron chi connectivity index (χ2n) is 7.19. The third kappa shape index (κ3) is 3.04. The number of ether oxygens (including phenoxy) is 1. The molecule has 0 bridgehead atoms. The summed E-state index contributed by atoms with van der Waals surface area (Å²) in [5, 5.41) is 3.55. The Bertz CT molecular complexity index is 547. The summed E-state index contributed by atoms with van der Waals surface area (Å²) in [6.45, 7) is 3.18. The average Bonchev–Trinajstić information content (AvgIpc) is 3.18. The van der Waals surface area contributed by atoms with Gasteiger partial charge in [-0.2, -0.15) is 0 Å². The van der Waals surface area contributed by atoms with E-state index in [4.69, 9.17) is 4.74 Å². The third-order valence-electron chi connectivity index (χ3n) is 5.69. The normalized spacial score (nSPS) is 29.9. The summed E-state index contributed by atoms with van der Waals surface area (Å²) in [5.41, 5.74) is 1.32. The maximum atomic E-state index is 6.02. The van der Waals surface area contributed by atoms with E-state index in [1.807, 2.05) is 13.1 Å². The standard InChI is InChI=1S/C19H27N3O/c1-20-19(22-12-15-7-2-3-8-16(15)13-22)21-11-17-10-14-6-4-5-9-18(14)23-17/h4-6,9,15-17H,2-3,7-8,10-13H2,1H3,(H,20,21). The fourth-order valence-electron chi connectivity index (χ4n) is 4.48. The first-order valence-electron chi connectivity index (χ1n) is 9.03. The number of hydrogen-bond donors (Lipinski definition) is 1. The molecule has 1 aromatic rings. The molecule has 2 fully saturated rings. The molecule has 0 spiro atoms. The summed E-state index contributed by atoms with van der Waals surface area (Å²) < 4.78 is 6.02. The highest BCUT2D eigenvalue weighted by Crippen LogP contribution is 2.36. The molecule has 4 nitrogen and oxygen atoms in total. The van der Waals surface area contributed by atoms with Crippen molar-refractivity contribution in [1.82, 2.24) is 10.2 Å². The Labute approximate surface area is 138 Å². The Morgan fingerprint density at radius 3 is 2.65 bits per heavy atom. The number of rotatable bonds is 2. The molecule has 0 aromatic heterocycles. The summed E-state index contributed by atoms with van der Waals surface area (Å²) in [5.74, 6) is 3.86. The predicted molar refractivity (Wildman–Crippen MR) is 92.9 cm³/mol. The van der Waals surface area contributed by atoms with Crippen molar-refractivity contribution in [2.24, 2.45) is 16.8 Å². The van der Waals surface area contributed by atoms with Gasteiger partial charge in [-0.3, -0.25) is 4.99 Å². The van der Waals surface area contributed by atoms with Crippen LogP contribution in [0.2, 0.25) is 0 Å². The van der Waals surface area contributed by atoms with E-state index >= 15 is 0 Å². The Hall–Kier alpha value is -1.71. The van der Waals surface area contributed by atoms with Crippen LogP contribution in [0, 0.1) is 11.8 Å². The van der Waals surface area contributed by atoms with Crippen molar-refractivity contribution in [2.75, 3.05) is 26.7 Å². The number of hydrogen-bond acceptors (Lipinski definition) is 2. The fraction of sp³-hybridized carbons (Fsp3) is 0.632. The molecular weight excluding hydrogens is 286 g/mol. The van der Waals surface area contributed by atoms with Gasteiger partial charge in [0.2, 0.25) is 0 Å². The van der Waals surface area contributed by atoms with Gasteiger partial charge in [0.15, 0.2) is 5.96 Å². The van der Waals surface area contributed by atoms with Crippen LogP contribution in [0.25, 0.3) is 0 Å². The van der Waals surface area contributed by atoms with Crippen LogP contribution in [0.1, 0.15) is 31.2 Å². The highest BCUT2D eigenvalue weighted by molar-refractivity contribution is 5.80. The van der Waals surface area contributed by atoms with Crippen molar-refractivity contribution in [3.63, 3.8) is 0 Å². The van der Waals surface area contributed by atoms with Gasteiger partial charge in [-0.05, 0) is 36.3 Å². The molecule has 23 heavy (non-hydrogen) atoms. The number of likely N-dealkylation sites (tertiary alicyclic amines) is 1. The molecule has 0 amide bonds. The molecule has 2 aliphatic heterocycles. The SMILES string of the molecule is CN=C(NCC1Cc2ccccc2O1)N1CC2CCCCC2C1. The first-order valence-corrected chi connectivity index (χ1v) is 9.03. The van der Waals surface area contributed by atoms with Gasteiger partial charge in [0.1, 0.15) is 11.9 Å². The minimum atomic E-state index is 0.217. The molecule has 0 radical (unpaired) electrons. The number of nitrogens with one attached hydrogen (secondary N) is 1. The van der Waals surface area contributed by atoms with Crippen LogP contribution in [-0.2, 0) is 6.42 Å². The lowest BCUT2D eigenvalue weighted by Gasteiger charge is -2.23. The zero-order chi connectivity index (χ0) is 15.6. The monoisotopic (exact) mass is 313 g/mol. The predicted octanol–water partition coefficient (Wildman–Crippen LogP) is 2.69. The van der Waals surface area contributed by atoms with Gasteiger partial charge in [-0.1, -0.05) is 31.0 Å². The fourth-order valence-corrected chi connectivity index (χ4v) is 4.48. The van der Waals surface area contributed by atoms with Gasteiger partial charge in [0.05, 0.1) is 6.54 Å². The van der Waals surface area contributed by atoms with E-state index in [-0.39, 0.29) is 6.10 Å². The molecule has 2 heterocycles. The summed E-state index contributed by atoms with van der Waals surface area (Å²) in [6.07, 6.45) is 6.84. The van der Waals surface area contributed by atoms with E-state index in [2.05, 4.69) is 33.4 Å². The van der Waals surface area contributed by atoms with Gasteiger partial charge >= 0.3 is 0 Å². The number of nitrogens with zero attached hydrogens (tertiary/aromatic N) is 2. The highest BCUT2D eigenvalue weighted by atomic mass is 16.5. The molecule has 4 heteroatoms. The molecule has 1 saturated carbocycles. The summed E-state index contributed by atoms with van der Waals surface area (Å²) >= 11 is 0. The van der Waals surface area contributed by atoms with Crippen molar-refractivity contribution < 1.29 is 4.74 Å². The van der Waals surface area contributed by atoms with E-state index in [9.17, 15) is 0 Å². The van der Waals surface area contributed by atoms with Crippen LogP contribution in [0.3, 0.4) is 0 Å². The zero-order valence-corrected chi connectivity index (χ0v) is 14.0. The van der Waals surface area contributed by atoms with Gasteiger partial charge in [0, 0.05) is 26.6 Å². The van der Waals surface area contributed by atoms with Gasteiger partial charge in [-0.15, -0.1) is 0 Å². The van der Waals surface area contributed by atoms with Crippen LogP contribution < -0.4 is 10.1 Å². The van der Waals surface area contributed by atoms with E-state index in [1.165, 1.54) is 44.3 Å². The Balaban J connectivity index is 1.32. The molecule has 3 aliphatic rings. The topological polar surface area (TPSA) is 36.9 Å². The second-order valence-corrected chi connectivity index (χ2v) is 7.19. The van der Waals surface area contributed by atoms with Crippen molar-refractivity contribution in [3.8, 4) is 5.75 Å². The molecule has 3 unspecified atom stereocenters. The van der Waals surface area contributed by atoms with E-state index in [1.54, 1.807) is 0 Å². The Kier molecular flexibility index (Phi) is 4.15. The maximum absolute atomic E-state index is 6.02. The zero-order valence-electron chi connectivity index (χ0n) is 14.0. The summed E-state index contributed by atoms with van der Waals surface area (Å²) in [6, 6.07) is 8.35. The molecule has 1 aromatic carbocycles. The second kappa shape index (κ2) is 6.42. The number of para-hydroxylation sites is 1. The Morgan fingerprint density at radius 1 is 1.22 bits per heavy atom. The van der Waals surface area contributed by atoms with E-state index in [0.717, 1.165) is 36.5 Å². The van der Waals surface area contributed by atoms with Crippen LogP contribution >= 0.6 is 0 Å². The summed E-state index contributed by atoms with van der Waals surface area (Å²) in [7, 11) is 1.90. The van der Waals surface area contributed by atoms with Crippen molar-refractivity contribution >= 4 is 5.96 Å². The van der Waals surface area contributed by atoms with Gasteiger partial charge in [-0.25, -0.2) is 0 Å². The smallest absolute Gasteiger partial charge is 0.193 e. The first kappa shape index (κ1) is 14.9. The van der Waals surface area contributed by atoms with Crippen molar-refractivity contribution in [1.29, 1.82) is 0 Å².